The highest BCUT2D eigenvalue weighted by Gasteiger charge is 2.23. The number of unbranched alkanes of at least 4 members (excludes halogenated alkanes) is 1. The summed E-state index contributed by atoms with van der Waals surface area (Å²) in [4.78, 5) is 13.3. The van der Waals surface area contributed by atoms with Gasteiger partial charge in [0.05, 0.1) is 12.2 Å². The monoisotopic (exact) mass is 310 g/mol. The lowest BCUT2D eigenvalue weighted by Gasteiger charge is -2.11. The van der Waals surface area contributed by atoms with Gasteiger partial charge in [-0.2, -0.15) is 0 Å². The van der Waals surface area contributed by atoms with Crippen molar-refractivity contribution in [3.8, 4) is 0 Å². The van der Waals surface area contributed by atoms with Crippen LogP contribution in [0.4, 0.5) is 5.69 Å². The van der Waals surface area contributed by atoms with E-state index in [1.54, 1.807) is 11.9 Å². The maximum absolute atomic E-state index is 11.7. The predicted octanol–water partition coefficient (Wildman–Crippen LogP) is 1.47. The highest BCUT2D eigenvalue weighted by atomic mass is 32.2. The summed E-state index contributed by atoms with van der Waals surface area (Å²) in [5, 5.41) is 0. The maximum Gasteiger partial charge on any atom is 0.231 e. The Hall–Kier alpha value is -1.40. The number of amides is 1. The standard InChI is InChI=1S/C15H22N2O3S/c1-3-4-9-21(19,20)16-8-7-12-5-6-14-13(10-12)11-15(18)17(14)2/h5-6,10,16H,3-4,7-9,11H2,1-2H3. The Balaban J connectivity index is 1.91. The zero-order valence-electron chi connectivity index (χ0n) is 12.6. The van der Waals surface area contributed by atoms with E-state index in [-0.39, 0.29) is 11.7 Å². The molecule has 0 radical (unpaired) electrons. The lowest BCUT2D eigenvalue weighted by molar-refractivity contribution is -0.117. The predicted molar refractivity (Wildman–Crippen MR) is 84.0 cm³/mol. The lowest BCUT2D eigenvalue weighted by Crippen LogP contribution is -2.28. The van der Waals surface area contributed by atoms with Crippen molar-refractivity contribution in [1.82, 2.24) is 4.72 Å². The number of hydrogen-bond acceptors (Lipinski definition) is 3. The summed E-state index contributed by atoms with van der Waals surface area (Å²) in [5.41, 5.74) is 3.02. The van der Waals surface area contributed by atoms with Gasteiger partial charge in [-0.15, -0.1) is 0 Å². The van der Waals surface area contributed by atoms with Crippen LogP contribution < -0.4 is 9.62 Å². The van der Waals surface area contributed by atoms with Crippen LogP contribution in [0.5, 0.6) is 0 Å². The number of hydrogen-bond donors (Lipinski definition) is 1. The van der Waals surface area contributed by atoms with E-state index in [0.717, 1.165) is 23.2 Å². The number of rotatable bonds is 7. The molecule has 2 rings (SSSR count). The second kappa shape index (κ2) is 6.58. The molecule has 0 fully saturated rings. The van der Waals surface area contributed by atoms with E-state index in [1.807, 2.05) is 25.1 Å². The molecule has 0 spiro atoms. The van der Waals surface area contributed by atoms with Crippen molar-refractivity contribution in [2.24, 2.45) is 0 Å². The quantitative estimate of drug-likeness (QED) is 0.829. The van der Waals surface area contributed by atoms with Gasteiger partial charge in [-0.25, -0.2) is 13.1 Å². The summed E-state index contributed by atoms with van der Waals surface area (Å²) in [6.07, 6.45) is 2.62. The van der Waals surface area contributed by atoms with Gasteiger partial charge in [-0.1, -0.05) is 25.5 Å². The summed E-state index contributed by atoms with van der Waals surface area (Å²) < 4.78 is 26.0. The van der Waals surface area contributed by atoms with Gasteiger partial charge in [0.25, 0.3) is 0 Å². The Morgan fingerprint density at radius 2 is 2.10 bits per heavy atom. The van der Waals surface area contributed by atoms with Crippen molar-refractivity contribution in [3.63, 3.8) is 0 Å². The van der Waals surface area contributed by atoms with Crippen LogP contribution in [0.2, 0.25) is 0 Å². The largest absolute Gasteiger partial charge is 0.315 e. The maximum atomic E-state index is 11.7. The number of sulfonamides is 1. The third-order valence-corrected chi connectivity index (χ3v) is 5.19. The van der Waals surface area contributed by atoms with Crippen LogP contribution in [0.15, 0.2) is 18.2 Å². The van der Waals surface area contributed by atoms with Crippen LogP contribution in [0, 0.1) is 0 Å². The zero-order chi connectivity index (χ0) is 15.5. The molecule has 116 valence electrons. The fourth-order valence-corrected chi connectivity index (χ4v) is 3.66. The molecule has 1 aromatic rings. The van der Waals surface area contributed by atoms with Crippen LogP contribution in [-0.4, -0.2) is 33.7 Å². The molecule has 0 aliphatic carbocycles. The molecule has 0 atom stereocenters. The number of nitrogens with one attached hydrogen (secondary N) is 1. The molecular formula is C15H22N2O3S. The van der Waals surface area contributed by atoms with Gasteiger partial charge in [0.1, 0.15) is 0 Å². The van der Waals surface area contributed by atoms with Gasteiger partial charge in [0, 0.05) is 19.3 Å². The van der Waals surface area contributed by atoms with E-state index in [4.69, 9.17) is 0 Å². The third kappa shape index (κ3) is 4.04. The fourth-order valence-electron chi connectivity index (χ4n) is 2.44. The molecule has 0 saturated heterocycles. The number of benzene rings is 1. The van der Waals surface area contributed by atoms with Crippen molar-refractivity contribution in [1.29, 1.82) is 0 Å². The fraction of sp³-hybridized carbons (Fsp3) is 0.533. The SMILES string of the molecule is CCCCS(=O)(=O)NCCc1ccc2c(c1)CC(=O)N2C. The number of nitrogens with zero attached hydrogens (tertiary/aromatic N) is 1. The van der Waals surface area contributed by atoms with E-state index in [2.05, 4.69) is 4.72 Å². The summed E-state index contributed by atoms with van der Waals surface area (Å²) in [7, 11) is -1.38. The van der Waals surface area contributed by atoms with Crippen LogP contribution in [-0.2, 0) is 27.7 Å². The van der Waals surface area contributed by atoms with Crippen molar-refractivity contribution in [3.05, 3.63) is 29.3 Å². The molecular weight excluding hydrogens is 288 g/mol. The Labute approximate surface area is 126 Å². The minimum Gasteiger partial charge on any atom is -0.315 e. The van der Waals surface area contributed by atoms with Crippen LogP contribution in [0.3, 0.4) is 0 Å². The molecule has 1 aromatic carbocycles. The van der Waals surface area contributed by atoms with Crippen LogP contribution in [0.25, 0.3) is 0 Å². The molecule has 6 heteroatoms. The van der Waals surface area contributed by atoms with Gasteiger partial charge < -0.3 is 4.90 Å². The highest BCUT2D eigenvalue weighted by Crippen LogP contribution is 2.28. The Morgan fingerprint density at radius 1 is 1.33 bits per heavy atom. The molecule has 1 aliphatic rings. The molecule has 1 amide bonds. The Morgan fingerprint density at radius 3 is 2.81 bits per heavy atom. The van der Waals surface area contributed by atoms with E-state index in [0.29, 0.717) is 25.8 Å². The van der Waals surface area contributed by atoms with E-state index >= 15 is 0 Å². The molecule has 1 heterocycles. The van der Waals surface area contributed by atoms with Gasteiger partial charge in [0.2, 0.25) is 15.9 Å². The van der Waals surface area contributed by atoms with E-state index in [9.17, 15) is 13.2 Å². The second-order valence-electron chi connectivity index (χ2n) is 5.41. The summed E-state index contributed by atoms with van der Waals surface area (Å²) >= 11 is 0. The summed E-state index contributed by atoms with van der Waals surface area (Å²) in [6.45, 7) is 2.37. The minimum atomic E-state index is -3.16. The van der Waals surface area contributed by atoms with Crippen molar-refractivity contribution in [2.45, 2.75) is 32.6 Å². The Bertz CT molecular complexity index is 626. The first kappa shape index (κ1) is 16.0. The molecule has 1 N–H and O–H groups in total. The molecule has 1 aliphatic heterocycles. The minimum absolute atomic E-state index is 0.0995. The molecule has 0 saturated carbocycles. The summed E-state index contributed by atoms with van der Waals surface area (Å²) in [6, 6.07) is 5.88. The number of anilines is 1. The number of likely N-dealkylation sites (N-methyl/N-ethyl adjacent to an activating group) is 1. The molecule has 5 nitrogen and oxygen atoms in total. The highest BCUT2D eigenvalue weighted by molar-refractivity contribution is 7.89. The summed E-state index contributed by atoms with van der Waals surface area (Å²) in [5.74, 6) is 0.287. The molecule has 21 heavy (non-hydrogen) atoms. The lowest BCUT2D eigenvalue weighted by atomic mass is 10.1. The van der Waals surface area contributed by atoms with Crippen LogP contribution >= 0.6 is 0 Å². The Kier molecular flexibility index (Phi) is 5.00. The first-order chi connectivity index (χ1) is 9.93. The number of fused-ring (bicyclic) bond motifs is 1. The zero-order valence-corrected chi connectivity index (χ0v) is 13.4. The second-order valence-corrected chi connectivity index (χ2v) is 7.34. The van der Waals surface area contributed by atoms with Crippen LogP contribution in [0.1, 0.15) is 30.9 Å². The first-order valence-corrected chi connectivity index (χ1v) is 8.94. The normalized spacial score (nSPS) is 14.6. The third-order valence-electron chi connectivity index (χ3n) is 3.72. The number of carbonyl (C=O) groups is 1. The van der Waals surface area contributed by atoms with Gasteiger partial charge in [-0.3, -0.25) is 4.79 Å². The average molecular weight is 310 g/mol. The van der Waals surface area contributed by atoms with E-state index in [1.165, 1.54) is 0 Å². The van der Waals surface area contributed by atoms with Crippen molar-refractivity contribution >= 4 is 21.6 Å². The molecule has 0 bridgehead atoms. The topological polar surface area (TPSA) is 66.5 Å². The smallest absolute Gasteiger partial charge is 0.231 e. The number of carbonyl (C=O) groups excluding carboxylic acids is 1. The average Bonchev–Trinajstić information content (AvgIpc) is 2.71. The first-order valence-electron chi connectivity index (χ1n) is 7.28. The van der Waals surface area contributed by atoms with Gasteiger partial charge in [0.15, 0.2) is 0 Å². The van der Waals surface area contributed by atoms with Gasteiger partial charge in [-0.05, 0) is 30.0 Å². The van der Waals surface area contributed by atoms with E-state index < -0.39 is 10.0 Å². The van der Waals surface area contributed by atoms with Crippen molar-refractivity contribution in [2.75, 3.05) is 24.2 Å². The molecule has 0 aromatic heterocycles. The van der Waals surface area contributed by atoms with Crippen molar-refractivity contribution < 1.29 is 13.2 Å². The molecule has 0 unspecified atom stereocenters. The van der Waals surface area contributed by atoms with Gasteiger partial charge >= 0.3 is 0 Å².